The van der Waals surface area contributed by atoms with Crippen molar-refractivity contribution < 1.29 is 14.6 Å². The highest BCUT2D eigenvalue weighted by Crippen LogP contribution is 2.36. The Kier molecular flexibility index (Phi) is 3.44. The van der Waals surface area contributed by atoms with Gasteiger partial charge in [0, 0.05) is 30.4 Å². The van der Waals surface area contributed by atoms with Crippen molar-refractivity contribution in [3.8, 4) is 17.1 Å². The summed E-state index contributed by atoms with van der Waals surface area (Å²) in [6.07, 6.45) is 6.45. The summed E-state index contributed by atoms with van der Waals surface area (Å²) in [5, 5.41) is 14.2. The van der Waals surface area contributed by atoms with Crippen LogP contribution in [0, 0.1) is 0 Å². The maximum absolute atomic E-state index is 9.96. The van der Waals surface area contributed by atoms with Crippen LogP contribution in [0.1, 0.15) is 6.04 Å². The van der Waals surface area contributed by atoms with Gasteiger partial charge in [-0.3, -0.25) is 0 Å². The lowest BCUT2D eigenvalue weighted by Crippen LogP contribution is -2.30. The van der Waals surface area contributed by atoms with Crippen LogP contribution in [0.2, 0.25) is 0 Å². The fourth-order valence-corrected chi connectivity index (χ4v) is 3.71. The molecule has 2 aliphatic heterocycles. The second-order valence-electron chi connectivity index (χ2n) is 6.39. The Morgan fingerprint density at radius 1 is 1.04 bits per heavy atom. The summed E-state index contributed by atoms with van der Waals surface area (Å²) in [5.74, 6) is 0.855. The molecule has 25 heavy (non-hydrogen) atoms. The lowest BCUT2D eigenvalue weighted by molar-refractivity contribution is 0.0172. The molecule has 0 saturated carbocycles. The molecule has 2 aromatic heterocycles. The highest BCUT2D eigenvalue weighted by molar-refractivity contribution is 5.59. The standard InChI is InChI=1S/C18H18N4O3/c23-15-11-25-16-14(10-24-17(15)16)21-8-6-19-18(21)12-3-1-4-13(9-12)22-7-2-5-20-22/h1-9,14-17,23H,10-11H2/t14-,15+,16+,17+/m0/s1. The number of nitrogens with zero attached hydrogens (tertiary/aromatic N) is 4. The van der Waals surface area contributed by atoms with E-state index in [9.17, 15) is 5.11 Å². The molecule has 0 aliphatic carbocycles. The van der Waals surface area contributed by atoms with Crippen LogP contribution in [0.4, 0.5) is 0 Å². The van der Waals surface area contributed by atoms with Crippen LogP contribution in [0.15, 0.2) is 55.1 Å². The van der Waals surface area contributed by atoms with E-state index in [1.165, 1.54) is 0 Å². The lowest BCUT2D eigenvalue weighted by atomic mass is 10.1. The van der Waals surface area contributed by atoms with E-state index < -0.39 is 6.10 Å². The van der Waals surface area contributed by atoms with Gasteiger partial charge in [0.15, 0.2) is 0 Å². The van der Waals surface area contributed by atoms with Gasteiger partial charge in [0.25, 0.3) is 0 Å². The number of rotatable bonds is 3. The van der Waals surface area contributed by atoms with Crippen molar-refractivity contribution in [2.75, 3.05) is 13.2 Å². The Morgan fingerprint density at radius 2 is 1.96 bits per heavy atom. The second kappa shape index (κ2) is 5.80. The topological polar surface area (TPSA) is 74.3 Å². The molecule has 7 heteroatoms. The Labute approximate surface area is 144 Å². The summed E-state index contributed by atoms with van der Waals surface area (Å²) >= 11 is 0. The molecule has 2 saturated heterocycles. The first-order chi connectivity index (χ1) is 12.3. The normalized spacial score (nSPS) is 28.4. The predicted octanol–water partition coefficient (Wildman–Crippen LogP) is 1.44. The van der Waals surface area contributed by atoms with E-state index in [0.29, 0.717) is 13.2 Å². The highest BCUT2D eigenvalue weighted by atomic mass is 16.6. The molecule has 2 aliphatic rings. The summed E-state index contributed by atoms with van der Waals surface area (Å²) in [6, 6.07) is 10.00. The molecule has 3 aromatic rings. The van der Waals surface area contributed by atoms with Crippen LogP contribution in [-0.4, -0.2) is 56.0 Å². The van der Waals surface area contributed by atoms with Crippen molar-refractivity contribution in [3.05, 3.63) is 55.1 Å². The Balaban J connectivity index is 1.51. The maximum atomic E-state index is 9.96. The minimum atomic E-state index is -0.551. The molecule has 7 nitrogen and oxygen atoms in total. The van der Waals surface area contributed by atoms with Crippen LogP contribution < -0.4 is 0 Å². The average molecular weight is 338 g/mol. The van der Waals surface area contributed by atoms with Gasteiger partial charge < -0.3 is 19.1 Å². The third-order valence-electron chi connectivity index (χ3n) is 4.90. The molecule has 0 spiro atoms. The van der Waals surface area contributed by atoms with E-state index in [1.807, 2.05) is 41.3 Å². The van der Waals surface area contributed by atoms with Gasteiger partial charge in [-0.1, -0.05) is 12.1 Å². The first-order valence-electron chi connectivity index (χ1n) is 8.36. The number of aliphatic hydroxyl groups excluding tert-OH is 1. The number of aromatic nitrogens is 4. The molecule has 5 rings (SSSR count). The van der Waals surface area contributed by atoms with Gasteiger partial charge in [-0.05, 0) is 18.2 Å². The number of aliphatic hydroxyl groups is 1. The number of ether oxygens (including phenoxy) is 2. The van der Waals surface area contributed by atoms with Crippen molar-refractivity contribution in [1.29, 1.82) is 0 Å². The van der Waals surface area contributed by atoms with E-state index >= 15 is 0 Å². The van der Waals surface area contributed by atoms with E-state index in [0.717, 1.165) is 17.1 Å². The first-order valence-corrected chi connectivity index (χ1v) is 8.36. The van der Waals surface area contributed by atoms with Gasteiger partial charge in [0.2, 0.25) is 0 Å². The number of imidazole rings is 1. The zero-order valence-corrected chi connectivity index (χ0v) is 13.5. The first kappa shape index (κ1) is 14.8. The van der Waals surface area contributed by atoms with Crippen molar-refractivity contribution in [1.82, 2.24) is 19.3 Å². The monoisotopic (exact) mass is 338 g/mol. The summed E-state index contributed by atoms with van der Waals surface area (Å²) < 4.78 is 15.4. The molecule has 0 unspecified atom stereocenters. The molecule has 1 N–H and O–H groups in total. The van der Waals surface area contributed by atoms with Crippen LogP contribution in [0.3, 0.4) is 0 Å². The lowest BCUT2D eigenvalue weighted by Gasteiger charge is -2.20. The molecule has 2 fully saturated rings. The molecular weight excluding hydrogens is 320 g/mol. The molecule has 0 radical (unpaired) electrons. The predicted molar refractivity (Wildman–Crippen MR) is 89.3 cm³/mol. The fourth-order valence-electron chi connectivity index (χ4n) is 3.71. The van der Waals surface area contributed by atoms with E-state index in [-0.39, 0.29) is 18.2 Å². The molecule has 1 aromatic carbocycles. The molecule has 4 heterocycles. The quantitative estimate of drug-likeness (QED) is 0.782. The van der Waals surface area contributed by atoms with Crippen LogP contribution >= 0.6 is 0 Å². The zero-order valence-electron chi connectivity index (χ0n) is 13.5. The number of fused-ring (bicyclic) bond motifs is 1. The highest BCUT2D eigenvalue weighted by Gasteiger charge is 2.48. The summed E-state index contributed by atoms with van der Waals surface area (Å²) in [6.45, 7) is 0.833. The molecule has 4 atom stereocenters. The average Bonchev–Trinajstić information content (AvgIpc) is 3.41. The van der Waals surface area contributed by atoms with Crippen molar-refractivity contribution >= 4 is 0 Å². The van der Waals surface area contributed by atoms with E-state index in [4.69, 9.17) is 9.47 Å². The Hall–Kier alpha value is -2.48. The third kappa shape index (κ3) is 2.39. The second-order valence-corrected chi connectivity index (χ2v) is 6.39. The van der Waals surface area contributed by atoms with Gasteiger partial charge in [-0.2, -0.15) is 5.10 Å². The van der Waals surface area contributed by atoms with Crippen LogP contribution in [0.25, 0.3) is 17.1 Å². The van der Waals surface area contributed by atoms with Crippen LogP contribution in [-0.2, 0) is 9.47 Å². The minimum Gasteiger partial charge on any atom is -0.388 e. The summed E-state index contributed by atoms with van der Waals surface area (Å²) in [5.41, 5.74) is 1.98. The Bertz CT molecular complexity index is 876. The number of hydrogen-bond donors (Lipinski definition) is 1. The molecule has 0 amide bonds. The summed E-state index contributed by atoms with van der Waals surface area (Å²) in [4.78, 5) is 4.55. The van der Waals surface area contributed by atoms with Gasteiger partial charge in [0.1, 0.15) is 24.1 Å². The zero-order chi connectivity index (χ0) is 16.8. The van der Waals surface area contributed by atoms with Crippen LogP contribution in [0.5, 0.6) is 0 Å². The van der Waals surface area contributed by atoms with E-state index in [2.05, 4.69) is 20.7 Å². The smallest absolute Gasteiger partial charge is 0.140 e. The number of benzene rings is 1. The SMILES string of the molecule is O[C@@H]1CO[C@H]2[C@@H]1OC[C@@H]2n1ccnc1-c1cccc(-n2cccn2)c1. The van der Waals surface area contributed by atoms with Gasteiger partial charge >= 0.3 is 0 Å². The molecule has 128 valence electrons. The maximum Gasteiger partial charge on any atom is 0.140 e. The summed E-state index contributed by atoms with van der Waals surface area (Å²) in [7, 11) is 0. The molecular formula is C18H18N4O3. The van der Waals surface area contributed by atoms with Crippen molar-refractivity contribution in [2.24, 2.45) is 0 Å². The molecule has 0 bridgehead atoms. The third-order valence-corrected chi connectivity index (χ3v) is 4.90. The van der Waals surface area contributed by atoms with Gasteiger partial charge in [-0.25, -0.2) is 9.67 Å². The fraction of sp³-hybridized carbons (Fsp3) is 0.333. The van der Waals surface area contributed by atoms with Gasteiger partial charge in [-0.15, -0.1) is 0 Å². The van der Waals surface area contributed by atoms with Gasteiger partial charge in [0.05, 0.1) is 24.9 Å². The van der Waals surface area contributed by atoms with E-state index in [1.54, 1.807) is 12.4 Å². The van der Waals surface area contributed by atoms with Crippen molar-refractivity contribution in [2.45, 2.75) is 24.4 Å². The Morgan fingerprint density at radius 3 is 2.84 bits per heavy atom. The van der Waals surface area contributed by atoms with Crippen molar-refractivity contribution in [3.63, 3.8) is 0 Å². The minimum absolute atomic E-state index is 0.00742. The number of hydrogen-bond acceptors (Lipinski definition) is 5. The largest absolute Gasteiger partial charge is 0.388 e.